The Labute approximate surface area is 70.7 Å². The van der Waals surface area contributed by atoms with Gasteiger partial charge < -0.3 is 10.6 Å². The van der Waals surface area contributed by atoms with Crippen LogP contribution >= 0.6 is 0 Å². The monoisotopic (exact) mass is 165 g/mol. The highest BCUT2D eigenvalue weighted by molar-refractivity contribution is 5.77. The first-order valence-electron chi connectivity index (χ1n) is 4.07. The molecule has 0 bridgehead atoms. The first-order chi connectivity index (χ1) is 5.86. The molecule has 4 heteroatoms. The van der Waals surface area contributed by atoms with E-state index in [9.17, 15) is 4.79 Å². The smallest absolute Gasteiger partial charge is 0.324 e. The summed E-state index contributed by atoms with van der Waals surface area (Å²) >= 11 is 0. The molecule has 0 aromatic carbocycles. The lowest BCUT2D eigenvalue weighted by Crippen LogP contribution is -2.38. The molecule has 0 saturated carbocycles. The topological polar surface area (TPSA) is 53.2 Å². The zero-order valence-electron chi connectivity index (χ0n) is 6.68. The molecule has 64 valence electrons. The lowest BCUT2D eigenvalue weighted by atomic mass is 10.1. The van der Waals surface area contributed by atoms with Crippen molar-refractivity contribution in [1.29, 1.82) is 0 Å². The van der Waals surface area contributed by atoms with Crippen molar-refractivity contribution in [1.82, 2.24) is 16.0 Å². The van der Waals surface area contributed by atoms with E-state index in [1.165, 1.54) is 5.57 Å². The van der Waals surface area contributed by atoms with E-state index in [1.807, 2.05) is 6.08 Å². The van der Waals surface area contributed by atoms with Gasteiger partial charge in [0.15, 0.2) is 0 Å². The van der Waals surface area contributed by atoms with Gasteiger partial charge in [-0.3, -0.25) is 5.32 Å². The van der Waals surface area contributed by atoms with E-state index in [0.29, 0.717) is 0 Å². The van der Waals surface area contributed by atoms with Gasteiger partial charge in [-0.05, 0) is 24.5 Å². The first-order valence-corrected chi connectivity index (χ1v) is 4.07. The molecule has 0 aromatic heterocycles. The Morgan fingerprint density at radius 2 is 2.33 bits per heavy atom. The third kappa shape index (κ3) is 1.28. The van der Waals surface area contributed by atoms with Gasteiger partial charge >= 0.3 is 6.03 Å². The second-order valence-electron chi connectivity index (χ2n) is 2.86. The van der Waals surface area contributed by atoms with Crippen molar-refractivity contribution in [2.45, 2.75) is 12.8 Å². The highest BCUT2D eigenvalue weighted by atomic mass is 16.2. The van der Waals surface area contributed by atoms with Crippen LogP contribution in [-0.4, -0.2) is 12.6 Å². The van der Waals surface area contributed by atoms with E-state index in [4.69, 9.17) is 0 Å². The molecule has 2 aliphatic rings. The van der Waals surface area contributed by atoms with Gasteiger partial charge in [0.1, 0.15) is 5.82 Å². The molecule has 0 fully saturated rings. The molecule has 4 nitrogen and oxygen atoms in total. The van der Waals surface area contributed by atoms with Crippen molar-refractivity contribution in [3.8, 4) is 0 Å². The molecule has 0 aliphatic carbocycles. The first kappa shape index (κ1) is 7.21. The van der Waals surface area contributed by atoms with Crippen molar-refractivity contribution in [2.24, 2.45) is 0 Å². The number of rotatable bonds is 0. The standard InChI is InChI=1S/C8H11N3O/c12-8-10-5-3-6-2-1-4-9-7(6)11-8/h3,5,9H,1-2,4H2,(H2,10,11,12). The third-order valence-corrected chi connectivity index (χ3v) is 1.98. The van der Waals surface area contributed by atoms with Crippen LogP contribution in [0, 0.1) is 0 Å². The molecule has 2 heterocycles. The van der Waals surface area contributed by atoms with Crippen molar-refractivity contribution >= 4 is 6.03 Å². The molecule has 2 rings (SSSR count). The number of urea groups is 1. The summed E-state index contributed by atoms with van der Waals surface area (Å²) < 4.78 is 0. The Morgan fingerprint density at radius 3 is 3.25 bits per heavy atom. The molecule has 2 amide bonds. The predicted octanol–water partition coefficient (Wildman–Crippen LogP) is 0.408. The number of amides is 2. The molecule has 3 N–H and O–H groups in total. The summed E-state index contributed by atoms with van der Waals surface area (Å²) in [6.45, 7) is 0.937. The lowest BCUT2D eigenvalue weighted by molar-refractivity contribution is 0.246. The zero-order valence-corrected chi connectivity index (χ0v) is 6.68. The van der Waals surface area contributed by atoms with Crippen LogP contribution in [0.25, 0.3) is 0 Å². The Bertz CT molecular complexity index is 267. The van der Waals surface area contributed by atoms with Crippen LogP contribution in [0.2, 0.25) is 0 Å². The van der Waals surface area contributed by atoms with Crippen molar-refractivity contribution in [2.75, 3.05) is 6.54 Å². The maximum absolute atomic E-state index is 11.0. The highest BCUT2D eigenvalue weighted by Gasteiger charge is 2.13. The van der Waals surface area contributed by atoms with Crippen LogP contribution in [0.5, 0.6) is 0 Å². The Hall–Kier alpha value is -1.45. The second kappa shape index (κ2) is 2.89. The summed E-state index contributed by atoms with van der Waals surface area (Å²) in [5.74, 6) is 0.854. The molecular weight excluding hydrogens is 154 g/mol. The van der Waals surface area contributed by atoms with Crippen LogP contribution in [0.4, 0.5) is 4.79 Å². The maximum atomic E-state index is 11.0. The molecule has 0 aromatic rings. The molecular formula is C8H11N3O. The molecule has 2 aliphatic heterocycles. The highest BCUT2D eigenvalue weighted by Crippen LogP contribution is 2.14. The molecule has 0 saturated heterocycles. The summed E-state index contributed by atoms with van der Waals surface area (Å²) in [6, 6.07) is -0.175. The largest absolute Gasteiger partial charge is 0.371 e. The fourth-order valence-corrected chi connectivity index (χ4v) is 1.39. The minimum absolute atomic E-state index is 0.175. The number of hydrogen-bond donors (Lipinski definition) is 3. The Balaban J connectivity index is 2.26. The van der Waals surface area contributed by atoms with E-state index >= 15 is 0 Å². The van der Waals surface area contributed by atoms with Gasteiger partial charge in [-0.15, -0.1) is 0 Å². The Morgan fingerprint density at radius 1 is 1.42 bits per heavy atom. The van der Waals surface area contributed by atoms with Crippen LogP contribution in [0.15, 0.2) is 23.7 Å². The summed E-state index contributed by atoms with van der Waals surface area (Å²) in [5, 5.41) is 8.47. The summed E-state index contributed by atoms with van der Waals surface area (Å²) in [7, 11) is 0. The van der Waals surface area contributed by atoms with Crippen molar-refractivity contribution in [3.63, 3.8) is 0 Å². The predicted molar refractivity (Wildman–Crippen MR) is 45.1 cm³/mol. The normalized spacial score (nSPS) is 21.8. The average molecular weight is 165 g/mol. The summed E-state index contributed by atoms with van der Waals surface area (Å²) in [6.07, 6.45) is 5.75. The molecule has 0 spiro atoms. The third-order valence-electron chi connectivity index (χ3n) is 1.98. The minimum Gasteiger partial charge on any atom is -0.371 e. The number of allylic oxidation sites excluding steroid dienone is 2. The molecule has 0 radical (unpaired) electrons. The number of nitrogens with one attached hydrogen (secondary N) is 3. The summed E-state index contributed by atoms with van der Waals surface area (Å²) in [4.78, 5) is 11.0. The van der Waals surface area contributed by atoms with E-state index in [2.05, 4.69) is 16.0 Å². The van der Waals surface area contributed by atoms with Gasteiger partial charge in [0.05, 0.1) is 0 Å². The number of carbonyl (C=O) groups excluding carboxylic acids is 1. The average Bonchev–Trinajstić information content (AvgIpc) is 2.25. The van der Waals surface area contributed by atoms with Crippen LogP contribution < -0.4 is 16.0 Å². The van der Waals surface area contributed by atoms with Crippen LogP contribution in [0.1, 0.15) is 12.8 Å². The van der Waals surface area contributed by atoms with E-state index in [0.717, 1.165) is 25.2 Å². The van der Waals surface area contributed by atoms with Gasteiger partial charge in [-0.25, -0.2) is 4.79 Å². The van der Waals surface area contributed by atoms with Gasteiger partial charge in [0, 0.05) is 12.7 Å². The second-order valence-corrected chi connectivity index (χ2v) is 2.86. The van der Waals surface area contributed by atoms with Crippen LogP contribution in [-0.2, 0) is 0 Å². The minimum atomic E-state index is -0.175. The van der Waals surface area contributed by atoms with E-state index in [1.54, 1.807) is 6.20 Å². The van der Waals surface area contributed by atoms with Gasteiger partial charge in [0.2, 0.25) is 0 Å². The van der Waals surface area contributed by atoms with Crippen LogP contribution in [0.3, 0.4) is 0 Å². The number of hydrogen-bond acceptors (Lipinski definition) is 2. The zero-order chi connectivity index (χ0) is 8.39. The van der Waals surface area contributed by atoms with Crippen molar-refractivity contribution in [3.05, 3.63) is 23.7 Å². The quantitative estimate of drug-likeness (QED) is 0.487. The fraction of sp³-hybridized carbons (Fsp3) is 0.375. The van der Waals surface area contributed by atoms with Gasteiger partial charge in [-0.2, -0.15) is 0 Å². The van der Waals surface area contributed by atoms with E-state index in [-0.39, 0.29) is 6.03 Å². The van der Waals surface area contributed by atoms with E-state index < -0.39 is 0 Å². The lowest BCUT2D eigenvalue weighted by Gasteiger charge is -2.18. The molecule has 0 atom stereocenters. The fourth-order valence-electron chi connectivity index (χ4n) is 1.39. The Kier molecular flexibility index (Phi) is 1.74. The summed E-state index contributed by atoms with van der Waals surface area (Å²) in [5.41, 5.74) is 1.17. The van der Waals surface area contributed by atoms with Gasteiger partial charge in [0.25, 0.3) is 0 Å². The van der Waals surface area contributed by atoms with Gasteiger partial charge in [-0.1, -0.05) is 0 Å². The molecule has 0 unspecified atom stereocenters. The SMILES string of the molecule is O=C1NC=CC2=C(NCCC2)N1. The number of carbonyl (C=O) groups is 1. The maximum Gasteiger partial charge on any atom is 0.324 e. The van der Waals surface area contributed by atoms with Crippen molar-refractivity contribution < 1.29 is 4.79 Å². The molecule has 12 heavy (non-hydrogen) atoms.